The van der Waals surface area contributed by atoms with Crippen molar-refractivity contribution >= 4 is 11.8 Å². The zero-order chi connectivity index (χ0) is 13.7. The molecule has 0 bridgehead atoms. The van der Waals surface area contributed by atoms with E-state index in [0.717, 1.165) is 32.4 Å². The maximum absolute atomic E-state index is 12.0. The molecule has 0 aromatic rings. The third kappa shape index (κ3) is 3.93. The molecule has 2 rings (SSSR count). The van der Waals surface area contributed by atoms with Gasteiger partial charge in [-0.15, -0.1) is 0 Å². The summed E-state index contributed by atoms with van der Waals surface area (Å²) in [5.41, 5.74) is 0.191. The summed E-state index contributed by atoms with van der Waals surface area (Å²) < 4.78 is 0. The molecule has 0 aromatic carbocycles. The molecule has 1 saturated heterocycles. The van der Waals surface area contributed by atoms with Crippen molar-refractivity contribution < 1.29 is 9.59 Å². The molecule has 2 N–H and O–H groups in total. The highest BCUT2D eigenvalue weighted by atomic mass is 16.2. The van der Waals surface area contributed by atoms with E-state index in [2.05, 4.69) is 17.6 Å². The predicted octanol–water partition coefficient (Wildman–Crippen LogP) is 0.505. The van der Waals surface area contributed by atoms with Gasteiger partial charge in [0.2, 0.25) is 0 Å². The van der Waals surface area contributed by atoms with Crippen molar-refractivity contribution in [2.24, 2.45) is 5.41 Å². The van der Waals surface area contributed by atoms with E-state index in [-0.39, 0.29) is 11.3 Å². The number of hydrogen-bond donors (Lipinski definition) is 2. The minimum absolute atomic E-state index is 0.191. The van der Waals surface area contributed by atoms with E-state index >= 15 is 0 Å². The normalized spacial score (nSPS) is 22.9. The molecule has 108 valence electrons. The lowest BCUT2D eigenvalue weighted by Crippen LogP contribution is -2.46. The highest BCUT2D eigenvalue weighted by Crippen LogP contribution is 2.36. The zero-order valence-electron chi connectivity index (χ0n) is 11.8. The van der Waals surface area contributed by atoms with E-state index in [4.69, 9.17) is 0 Å². The first-order valence-corrected chi connectivity index (χ1v) is 7.39. The molecule has 0 radical (unpaired) electrons. The standard InChI is InChI=1S/C14H25N3O2/c1-14(5-2-3-6-14)11-16-12(18)13(19)17-9-4-7-15-8-10-17/h15H,2-11H2,1H3,(H,16,18). The number of nitrogens with one attached hydrogen (secondary N) is 2. The first kappa shape index (κ1) is 14.3. The highest BCUT2D eigenvalue weighted by molar-refractivity contribution is 6.35. The number of rotatable bonds is 2. The highest BCUT2D eigenvalue weighted by Gasteiger charge is 2.30. The van der Waals surface area contributed by atoms with Crippen LogP contribution in [0, 0.1) is 5.41 Å². The Morgan fingerprint density at radius 3 is 2.63 bits per heavy atom. The maximum atomic E-state index is 12.0. The third-order valence-corrected chi connectivity index (χ3v) is 4.31. The van der Waals surface area contributed by atoms with Gasteiger partial charge >= 0.3 is 11.8 Å². The number of nitrogens with zero attached hydrogens (tertiary/aromatic N) is 1. The van der Waals surface area contributed by atoms with Crippen LogP contribution in [0.3, 0.4) is 0 Å². The lowest BCUT2D eigenvalue weighted by molar-refractivity contribution is -0.145. The molecule has 1 aliphatic heterocycles. The minimum atomic E-state index is -0.435. The second-order valence-corrected chi connectivity index (χ2v) is 6.10. The largest absolute Gasteiger partial charge is 0.347 e. The Morgan fingerprint density at radius 2 is 1.89 bits per heavy atom. The van der Waals surface area contributed by atoms with Crippen LogP contribution in [0.15, 0.2) is 0 Å². The predicted molar refractivity (Wildman–Crippen MR) is 73.7 cm³/mol. The molecule has 1 heterocycles. The monoisotopic (exact) mass is 267 g/mol. The molecule has 0 unspecified atom stereocenters. The van der Waals surface area contributed by atoms with Gasteiger partial charge in [-0.25, -0.2) is 0 Å². The summed E-state index contributed by atoms with van der Waals surface area (Å²) in [7, 11) is 0. The van der Waals surface area contributed by atoms with Gasteiger partial charge < -0.3 is 15.5 Å². The Hall–Kier alpha value is -1.10. The molecule has 0 aromatic heterocycles. The van der Waals surface area contributed by atoms with Gasteiger partial charge in [-0.2, -0.15) is 0 Å². The minimum Gasteiger partial charge on any atom is -0.347 e. The Kier molecular flexibility index (Phi) is 4.80. The Bertz CT molecular complexity index is 330. The number of carbonyl (C=O) groups excluding carboxylic acids is 2. The van der Waals surface area contributed by atoms with Gasteiger partial charge in [0.05, 0.1) is 0 Å². The summed E-state index contributed by atoms with van der Waals surface area (Å²) in [6, 6.07) is 0. The summed E-state index contributed by atoms with van der Waals surface area (Å²) in [4.78, 5) is 25.6. The SMILES string of the molecule is CC1(CNC(=O)C(=O)N2CCCNCC2)CCCC1. The fourth-order valence-corrected chi connectivity index (χ4v) is 2.97. The average Bonchev–Trinajstić information content (AvgIpc) is 2.68. The molecule has 5 heteroatoms. The van der Waals surface area contributed by atoms with Gasteiger partial charge in [0.15, 0.2) is 0 Å². The Balaban J connectivity index is 1.79. The van der Waals surface area contributed by atoms with Gasteiger partial charge in [-0.3, -0.25) is 9.59 Å². The van der Waals surface area contributed by atoms with Crippen LogP contribution in [0.4, 0.5) is 0 Å². The van der Waals surface area contributed by atoms with Gasteiger partial charge in [-0.05, 0) is 31.2 Å². The first-order chi connectivity index (χ1) is 9.11. The average molecular weight is 267 g/mol. The number of amides is 2. The van der Waals surface area contributed by atoms with Crippen LogP contribution >= 0.6 is 0 Å². The van der Waals surface area contributed by atoms with Gasteiger partial charge in [0.25, 0.3) is 0 Å². The number of carbonyl (C=O) groups is 2. The third-order valence-electron chi connectivity index (χ3n) is 4.31. The summed E-state index contributed by atoms with van der Waals surface area (Å²) in [6.07, 6.45) is 5.68. The number of hydrogen-bond acceptors (Lipinski definition) is 3. The van der Waals surface area contributed by atoms with Crippen molar-refractivity contribution in [3.8, 4) is 0 Å². The molecular formula is C14H25N3O2. The molecule has 1 aliphatic carbocycles. The van der Waals surface area contributed by atoms with Crippen LogP contribution in [-0.2, 0) is 9.59 Å². The van der Waals surface area contributed by atoms with Crippen molar-refractivity contribution in [3.05, 3.63) is 0 Å². The van der Waals surface area contributed by atoms with E-state index in [1.54, 1.807) is 4.90 Å². The summed E-state index contributed by atoms with van der Waals surface area (Å²) in [6.45, 7) is 5.82. The molecule has 1 saturated carbocycles. The zero-order valence-corrected chi connectivity index (χ0v) is 11.8. The van der Waals surface area contributed by atoms with Gasteiger partial charge in [0.1, 0.15) is 0 Å². The fourth-order valence-electron chi connectivity index (χ4n) is 2.97. The van der Waals surface area contributed by atoms with Crippen LogP contribution in [-0.4, -0.2) is 49.4 Å². The topological polar surface area (TPSA) is 61.4 Å². The lowest BCUT2D eigenvalue weighted by Gasteiger charge is -2.25. The molecule has 19 heavy (non-hydrogen) atoms. The van der Waals surface area contributed by atoms with E-state index < -0.39 is 5.91 Å². The van der Waals surface area contributed by atoms with Gasteiger partial charge in [0, 0.05) is 26.2 Å². The smallest absolute Gasteiger partial charge is 0.311 e. The second-order valence-electron chi connectivity index (χ2n) is 6.10. The van der Waals surface area contributed by atoms with Crippen molar-refractivity contribution in [1.29, 1.82) is 0 Å². The van der Waals surface area contributed by atoms with Crippen molar-refractivity contribution in [3.63, 3.8) is 0 Å². The second kappa shape index (κ2) is 6.37. The quantitative estimate of drug-likeness (QED) is 0.716. The summed E-state index contributed by atoms with van der Waals surface area (Å²) in [5.74, 6) is -0.805. The first-order valence-electron chi connectivity index (χ1n) is 7.39. The summed E-state index contributed by atoms with van der Waals surface area (Å²) >= 11 is 0. The Morgan fingerprint density at radius 1 is 1.16 bits per heavy atom. The van der Waals surface area contributed by atoms with Crippen molar-refractivity contribution in [2.45, 2.75) is 39.0 Å². The summed E-state index contributed by atoms with van der Waals surface area (Å²) in [5, 5.41) is 6.06. The molecular weight excluding hydrogens is 242 g/mol. The van der Waals surface area contributed by atoms with Crippen molar-refractivity contribution in [2.75, 3.05) is 32.7 Å². The van der Waals surface area contributed by atoms with Crippen LogP contribution in [0.1, 0.15) is 39.0 Å². The fraction of sp³-hybridized carbons (Fsp3) is 0.857. The van der Waals surface area contributed by atoms with E-state index in [1.165, 1.54) is 12.8 Å². The van der Waals surface area contributed by atoms with Crippen LogP contribution in [0.25, 0.3) is 0 Å². The van der Waals surface area contributed by atoms with E-state index in [9.17, 15) is 9.59 Å². The van der Waals surface area contributed by atoms with E-state index in [1.807, 2.05) is 0 Å². The molecule has 0 spiro atoms. The Labute approximate surface area is 115 Å². The molecule has 0 atom stereocenters. The van der Waals surface area contributed by atoms with Gasteiger partial charge in [-0.1, -0.05) is 19.8 Å². The molecule has 2 fully saturated rings. The molecule has 2 amide bonds. The van der Waals surface area contributed by atoms with Crippen LogP contribution < -0.4 is 10.6 Å². The molecule has 5 nitrogen and oxygen atoms in total. The van der Waals surface area contributed by atoms with Crippen LogP contribution in [0.5, 0.6) is 0 Å². The van der Waals surface area contributed by atoms with Crippen LogP contribution in [0.2, 0.25) is 0 Å². The van der Waals surface area contributed by atoms with Crippen molar-refractivity contribution in [1.82, 2.24) is 15.5 Å². The molecule has 2 aliphatic rings. The van der Waals surface area contributed by atoms with E-state index in [0.29, 0.717) is 19.6 Å². The maximum Gasteiger partial charge on any atom is 0.311 e. The lowest BCUT2D eigenvalue weighted by atomic mass is 9.89.